The van der Waals surface area contributed by atoms with Crippen LogP contribution in [0.5, 0.6) is 0 Å². The molecule has 3 N–H and O–H groups in total. The molecule has 4 nitrogen and oxygen atoms in total. The molecule has 0 aromatic heterocycles. The Morgan fingerprint density at radius 3 is 2.54 bits per heavy atom. The molecule has 1 atom stereocenters. The lowest BCUT2D eigenvalue weighted by atomic mass is 10.1. The van der Waals surface area contributed by atoms with Crippen LogP contribution < -0.4 is 16.0 Å². The molecule has 0 heterocycles. The van der Waals surface area contributed by atoms with E-state index in [1.165, 1.54) is 11.3 Å². The molecule has 0 aliphatic rings. The summed E-state index contributed by atoms with van der Waals surface area (Å²) in [7, 11) is 2.07. The van der Waals surface area contributed by atoms with Crippen LogP contribution in [0.1, 0.15) is 19.4 Å². The quantitative estimate of drug-likeness (QED) is 0.406. The summed E-state index contributed by atoms with van der Waals surface area (Å²) in [6, 6.07) is 18.8. The second-order valence-corrected chi connectivity index (χ2v) is 5.70. The van der Waals surface area contributed by atoms with Crippen molar-refractivity contribution in [2.75, 3.05) is 23.8 Å². The number of likely N-dealkylation sites (N-methyl/N-ethyl adjacent to an activating group) is 1. The summed E-state index contributed by atoms with van der Waals surface area (Å²) in [5.74, 6) is 0.451. The summed E-state index contributed by atoms with van der Waals surface area (Å²) in [4.78, 5) is 6.67. The number of anilines is 2. The molecule has 1 unspecified atom stereocenters. The van der Waals surface area contributed by atoms with E-state index in [1.807, 2.05) is 30.3 Å². The van der Waals surface area contributed by atoms with E-state index in [0.717, 1.165) is 12.1 Å². The molecule has 0 bridgehead atoms. The number of para-hydroxylation sites is 1. The van der Waals surface area contributed by atoms with Gasteiger partial charge in [0.2, 0.25) is 0 Å². The number of aryl methyl sites for hydroxylation is 1. The second kappa shape index (κ2) is 10.2. The Kier molecular flexibility index (Phi) is 8.60. The van der Waals surface area contributed by atoms with Gasteiger partial charge in [-0.2, -0.15) is 0 Å². The van der Waals surface area contributed by atoms with E-state index < -0.39 is 0 Å². The largest absolute Gasteiger partial charge is 0.370 e. The van der Waals surface area contributed by atoms with Crippen molar-refractivity contribution in [3.8, 4) is 0 Å². The molecule has 2 rings (SSSR count). The average molecular weight is 438 g/mol. The Balaban J connectivity index is 0.00000288. The monoisotopic (exact) mass is 438 g/mol. The highest BCUT2D eigenvalue weighted by molar-refractivity contribution is 14.0. The number of nitrogens with two attached hydrogens (primary N) is 1. The van der Waals surface area contributed by atoms with Crippen LogP contribution in [0.15, 0.2) is 59.6 Å². The first-order valence-electron chi connectivity index (χ1n) is 8.04. The fourth-order valence-electron chi connectivity index (χ4n) is 2.33. The van der Waals surface area contributed by atoms with Gasteiger partial charge in [-0.1, -0.05) is 37.3 Å². The van der Waals surface area contributed by atoms with Crippen molar-refractivity contribution in [2.45, 2.75) is 26.3 Å². The van der Waals surface area contributed by atoms with Gasteiger partial charge >= 0.3 is 0 Å². The van der Waals surface area contributed by atoms with Gasteiger partial charge in [0.05, 0.1) is 6.54 Å². The van der Waals surface area contributed by atoms with Crippen molar-refractivity contribution in [1.29, 1.82) is 0 Å². The van der Waals surface area contributed by atoms with Crippen LogP contribution in [-0.4, -0.2) is 25.6 Å². The average Bonchev–Trinajstić information content (AvgIpc) is 2.60. The van der Waals surface area contributed by atoms with Gasteiger partial charge < -0.3 is 16.0 Å². The molecular weight excluding hydrogens is 411 g/mol. The summed E-state index contributed by atoms with van der Waals surface area (Å²) in [6.07, 6.45) is 1.01. The Hall–Kier alpha value is -1.76. The van der Waals surface area contributed by atoms with Crippen LogP contribution in [0, 0.1) is 0 Å². The highest BCUT2D eigenvalue weighted by Crippen LogP contribution is 2.14. The van der Waals surface area contributed by atoms with E-state index in [-0.39, 0.29) is 30.0 Å². The molecule has 0 aliphatic carbocycles. The van der Waals surface area contributed by atoms with Crippen LogP contribution in [0.3, 0.4) is 0 Å². The number of nitrogens with one attached hydrogen (secondary N) is 1. The van der Waals surface area contributed by atoms with Crippen molar-refractivity contribution < 1.29 is 0 Å². The second-order valence-electron chi connectivity index (χ2n) is 5.70. The topological polar surface area (TPSA) is 53.6 Å². The number of guanidine groups is 1. The van der Waals surface area contributed by atoms with Gasteiger partial charge in [0.25, 0.3) is 0 Å². The summed E-state index contributed by atoms with van der Waals surface area (Å²) in [5, 5.41) is 3.16. The minimum atomic E-state index is 0. The van der Waals surface area contributed by atoms with Crippen LogP contribution in [0.2, 0.25) is 0 Å². The summed E-state index contributed by atoms with van der Waals surface area (Å²) >= 11 is 0. The lowest BCUT2D eigenvalue weighted by Crippen LogP contribution is -2.33. The van der Waals surface area contributed by atoms with Gasteiger partial charge in [0.1, 0.15) is 0 Å². The SMILES string of the molecule is CCc1cccc(NC(N)=NCC(C)N(C)c2ccccc2)c1.I. The molecule has 2 aromatic rings. The van der Waals surface area contributed by atoms with Crippen LogP contribution in [0.25, 0.3) is 0 Å². The van der Waals surface area contributed by atoms with E-state index in [0.29, 0.717) is 12.5 Å². The number of rotatable bonds is 6. The van der Waals surface area contributed by atoms with E-state index in [2.05, 4.69) is 60.4 Å². The molecule has 0 aliphatic heterocycles. The van der Waals surface area contributed by atoms with E-state index in [1.54, 1.807) is 0 Å². The van der Waals surface area contributed by atoms with E-state index in [4.69, 9.17) is 5.73 Å². The molecule has 2 aromatic carbocycles. The summed E-state index contributed by atoms with van der Waals surface area (Å²) in [5.41, 5.74) is 9.44. The maximum atomic E-state index is 6.00. The molecule has 0 saturated heterocycles. The third kappa shape index (κ3) is 6.03. The van der Waals surface area contributed by atoms with E-state index >= 15 is 0 Å². The maximum Gasteiger partial charge on any atom is 0.193 e. The number of nitrogens with zero attached hydrogens (tertiary/aromatic N) is 2. The zero-order valence-corrected chi connectivity index (χ0v) is 16.9. The number of aliphatic imine (C=N–C) groups is 1. The predicted octanol–water partition coefficient (Wildman–Crippen LogP) is 4.12. The first-order valence-corrected chi connectivity index (χ1v) is 8.04. The third-order valence-corrected chi connectivity index (χ3v) is 3.96. The molecule has 5 heteroatoms. The maximum absolute atomic E-state index is 6.00. The number of hydrogen-bond donors (Lipinski definition) is 2. The minimum absolute atomic E-state index is 0. The van der Waals surface area contributed by atoms with Crippen LogP contribution >= 0.6 is 24.0 Å². The number of benzene rings is 2. The summed E-state index contributed by atoms with van der Waals surface area (Å²) in [6.45, 7) is 4.91. The first kappa shape index (κ1) is 20.3. The van der Waals surface area contributed by atoms with Crippen molar-refractivity contribution in [3.05, 3.63) is 60.2 Å². The van der Waals surface area contributed by atoms with Crippen molar-refractivity contribution in [3.63, 3.8) is 0 Å². The highest BCUT2D eigenvalue weighted by Gasteiger charge is 2.09. The Labute approximate surface area is 162 Å². The van der Waals surface area contributed by atoms with Crippen molar-refractivity contribution >= 4 is 41.3 Å². The minimum Gasteiger partial charge on any atom is -0.370 e. The number of hydrogen-bond acceptors (Lipinski definition) is 2. The molecule has 0 fully saturated rings. The fourth-order valence-corrected chi connectivity index (χ4v) is 2.33. The van der Waals surface area contributed by atoms with Crippen LogP contribution in [-0.2, 0) is 6.42 Å². The first-order chi connectivity index (χ1) is 11.1. The van der Waals surface area contributed by atoms with Gasteiger partial charge in [0, 0.05) is 24.5 Å². The number of halogens is 1. The van der Waals surface area contributed by atoms with Crippen molar-refractivity contribution in [1.82, 2.24) is 0 Å². The van der Waals surface area contributed by atoms with E-state index in [9.17, 15) is 0 Å². The zero-order valence-electron chi connectivity index (χ0n) is 14.6. The molecule has 130 valence electrons. The van der Waals surface area contributed by atoms with Gasteiger partial charge in [0.15, 0.2) is 5.96 Å². The van der Waals surface area contributed by atoms with Crippen LogP contribution in [0.4, 0.5) is 11.4 Å². The Morgan fingerprint density at radius 2 is 1.88 bits per heavy atom. The van der Waals surface area contributed by atoms with Gasteiger partial charge in [-0.15, -0.1) is 24.0 Å². The zero-order chi connectivity index (χ0) is 16.7. The smallest absolute Gasteiger partial charge is 0.193 e. The Bertz CT molecular complexity index is 643. The fraction of sp³-hybridized carbons (Fsp3) is 0.316. The third-order valence-electron chi connectivity index (χ3n) is 3.96. The Morgan fingerprint density at radius 1 is 1.17 bits per heavy atom. The van der Waals surface area contributed by atoms with Gasteiger partial charge in [-0.05, 0) is 43.2 Å². The lowest BCUT2D eigenvalue weighted by Gasteiger charge is -2.25. The molecule has 24 heavy (non-hydrogen) atoms. The lowest BCUT2D eigenvalue weighted by molar-refractivity contribution is 0.696. The molecule has 0 spiro atoms. The molecule has 0 radical (unpaired) electrons. The highest BCUT2D eigenvalue weighted by atomic mass is 127. The van der Waals surface area contributed by atoms with Gasteiger partial charge in [-0.3, -0.25) is 4.99 Å². The molecule has 0 amide bonds. The van der Waals surface area contributed by atoms with Gasteiger partial charge in [-0.25, -0.2) is 0 Å². The molecule has 0 saturated carbocycles. The predicted molar refractivity (Wildman–Crippen MR) is 116 cm³/mol. The van der Waals surface area contributed by atoms with Crippen molar-refractivity contribution in [2.24, 2.45) is 10.7 Å². The molecular formula is C19H27IN4. The summed E-state index contributed by atoms with van der Waals surface area (Å²) < 4.78 is 0. The standard InChI is InChI=1S/C19H26N4.HI/c1-4-16-9-8-10-17(13-16)22-19(20)21-14-15(2)23(3)18-11-6-5-7-12-18;/h5-13,15H,4,14H2,1-3H3,(H3,20,21,22);1H. The normalized spacial score (nSPS) is 12.2.